The number of hydrogen-bond donors (Lipinski definition) is 2. The van der Waals surface area contributed by atoms with Crippen LogP contribution in [0.15, 0.2) is 47.4 Å². The molecule has 0 unspecified atom stereocenters. The molecule has 0 atom stereocenters. The van der Waals surface area contributed by atoms with Gasteiger partial charge < -0.3 is 24.3 Å². The number of pyridine rings is 1. The third kappa shape index (κ3) is 3.78. The Kier molecular flexibility index (Phi) is 5.54. The number of aromatic nitrogens is 1. The van der Waals surface area contributed by atoms with Gasteiger partial charge in [-0.3, -0.25) is 4.79 Å². The van der Waals surface area contributed by atoms with Gasteiger partial charge >= 0.3 is 5.97 Å². The van der Waals surface area contributed by atoms with Gasteiger partial charge in [0, 0.05) is 35.8 Å². The van der Waals surface area contributed by atoms with Crippen molar-refractivity contribution in [2.45, 2.75) is 19.8 Å². The summed E-state index contributed by atoms with van der Waals surface area (Å²) in [7, 11) is 1.52. The molecule has 0 fully saturated rings. The maximum atomic E-state index is 12.5. The Balaban J connectivity index is 2.26. The van der Waals surface area contributed by atoms with Gasteiger partial charge in [-0.1, -0.05) is 13.3 Å². The molecule has 0 saturated heterocycles. The maximum Gasteiger partial charge on any atom is 0.341 e. The van der Waals surface area contributed by atoms with Crippen molar-refractivity contribution in [2.75, 3.05) is 13.7 Å². The zero-order valence-corrected chi connectivity index (χ0v) is 15.6. The molecule has 1 heterocycles. The Hall–Kier alpha value is -3.48. The van der Waals surface area contributed by atoms with Gasteiger partial charge in [0.2, 0.25) is 5.43 Å². The highest BCUT2D eigenvalue weighted by Gasteiger charge is 2.16. The topological polar surface area (TPSA) is 98.0 Å². The lowest BCUT2D eigenvalue weighted by molar-refractivity contribution is 0.0695. The van der Waals surface area contributed by atoms with Crippen molar-refractivity contribution in [3.8, 4) is 22.9 Å². The average molecular weight is 383 g/mol. The van der Waals surface area contributed by atoms with Crippen LogP contribution in [0.3, 0.4) is 0 Å². The van der Waals surface area contributed by atoms with E-state index in [9.17, 15) is 19.8 Å². The summed E-state index contributed by atoms with van der Waals surface area (Å²) in [6.45, 7) is 2.60. The fraction of sp³-hybridized carbons (Fsp3) is 0.238. The summed E-state index contributed by atoms with van der Waals surface area (Å²) in [6, 6.07) is 9.35. The number of aromatic carboxylic acids is 1. The Bertz CT molecular complexity index is 1090. The predicted molar refractivity (Wildman–Crippen MR) is 105 cm³/mol. The third-order valence-corrected chi connectivity index (χ3v) is 4.36. The number of nitrogens with zero attached hydrogens (tertiary/aromatic N) is 1. The first-order valence-electron chi connectivity index (χ1n) is 8.88. The molecule has 3 rings (SSSR count). The average Bonchev–Trinajstić information content (AvgIpc) is 2.67. The number of carboxylic acids is 1. The summed E-state index contributed by atoms with van der Waals surface area (Å²) in [6.07, 6.45) is 3.13. The van der Waals surface area contributed by atoms with Crippen LogP contribution in [-0.2, 0) is 0 Å². The number of phenols is 1. The molecule has 7 nitrogen and oxygen atoms in total. The van der Waals surface area contributed by atoms with Gasteiger partial charge in [-0.05, 0) is 18.6 Å². The summed E-state index contributed by atoms with van der Waals surface area (Å²) < 4.78 is 12.6. The Morgan fingerprint density at radius 3 is 2.57 bits per heavy atom. The number of aromatic hydroxyl groups is 1. The zero-order chi connectivity index (χ0) is 20.3. The molecule has 2 aromatic carbocycles. The fourth-order valence-corrected chi connectivity index (χ4v) is 2.91. The minimum absolute atomic E-state index is 0.0361. The van der Waals surface area contributed by atoms with Crippen molar-refractivity contribution in [1.29, 1.82) is 0 Å². The smallest absolute Gasteiger partial charge is 0.341 e. The predicted octanol–water partition coefficient (Wildman–Crippen LogP) is 3.58. The molecule has 1 aromatic heterocycles. The maximum absolute atomic E-state index is 12.5. The molecule has 0 aliphatic heterocycles. The number of carbonyl (C=O) groups is 1. The second-order valence-electron chi connectivity index (χ2n) is 6.32. The van der Waals surface area contributed by atoms with Gasteiger partial charge in [0.05, 0.1) is 24.9 Å². The molecule has 0 spiro atoms. The van der Waals surface area contributed by atoms with Gasteiger partial charge in [-0.2, -0.15) is 0 Å². The molecule has 0 bridgehead atoms. The van der Waals surface area contributed by atoms with Crippen molar-refractivity contribution in [3.63, 3.8) is 0 Å². The fourth-order valence-electron chi connectivity index (χ4n) is 2.91. The number of ether oxygens (including phenoxy) is 2. The number of phenolic OH excluding ortho intramolecular Hbond substituents is 1. The SMILES string of the molecule is CCCCOc1cc(OC)cc(-n2cc(C(=O)O)c(=O)c3ccc(O)cc32)c1. The molecule has 0 aliphatic rings. The van der Waals surface area contributed by atoms with Crippen LogP contribution in [-0.4, -0.2) is 34.5 Å². The number of rotatable bonds is 7. The van der Waals surface area contributed by atoms with Crippen LogP contribution in [0, 0.1) is 0 Å². The Labute approximate surface area is 161 Å². The van der Waals surface area contributed by atoms with E-state index in [1.54, 1.807) is 18.2 Å². The van der Waals surface area contributed by atoms with Crippen molar-refractivity contribution in [2.24, 2.45) is 0 Å². The zero-order valence-electron chi connectivity index (χ0n) is 15.6. The normalized spacial score (nSPS) is 10.8. The summed E-state index contributed by atoms with van der Waals surface area (Å²) in [5, 5.41) is 19.5. The van der Waals surface area contributed by atoms with Crippen molar-refractivity contribution < 1.29 is 24.5 Å². The summed E-state index contributed by atoms with van der Waals surface area (Å²) >= 11 is 0. The van der Waals surface area contributed by atoms with Gasteiger partial charge in [0.1, 0.15) is 22.8 Å². The van der Waals surface area contributed by atoms with E-state index < -0.39 is 11.4 Å². The number of unbranched alkanes of at least 4 members (excludes halogenated alkanes) is 1. The molecule has 146 valence electrons. The largest absolute Gasteiger partial charge is 0.508 e. The van der Waals surface area contributed by atoms with Crippen LogP contribution in [0.25, 0.3) is 16.6 Å². The van der Waals surface area contributed by atoms with E-state index in [0.29, 0.717) is 29.3 Å². The van der Waals surface area contributed by atoms with Crippen LogP contribution in [0.2, 0.25) is 0 Å². The van der Waals surface area contributed by atoms with E-state index in [1.165, 1.54) is 36.1 Å². The van der Waals surface area contributed by atoms with Gasteiger partial charge in [0.15, 0.2) is 0 Å². The lowest BCUT2D eigenvalue weighted by Crippen LogP contribution is -2.18. The molecule has 2 N–H and O–H groups in total. The molecule has 0 aliphatic carbocycles. The molecule has 0 saturated carbocycles. The number of fused-ring (bicyclic) bond motifs is 1. The van der Waals surface area contributed by atoms with Crippen molar-refractivity contribution in [1.82, 2.24) is 4.57 Å². The summed E-state index contributed by atoms with van der Waals surface area (Å²) in [5.41, 5.74) is -0.0535. The van der Waals surface area contributed by atoms with Crippen LogP contribution in [0.1, 0.15) is 30.1 Å². The van der Waals surface area contributed by atoms with Gasteiger partial charge in [0.25, 0.3) is 0 Å². The molecule has 0 radical (unpaired) electrons. The first kappa shape index (κ1) is 19.3. The molecular weight excluding hydrogens is 362 g/mol. The van der Waals surface area contributed by atoms with E-state index in [2.05, 4.69) is 6.92 Å². The van der Waals surface area contributed by atoms with Crippen LogP contribution in [0.4, 0.5) is 0 Å². The summed E-state index contributed by atoms with van der Waals surface area (Å²) in [4.78, 5) is 24.1. The monoisotopic (exact) mass is 383 g/mol. The second-order valence-corrected chi connectivity index (χ2v) is 6.32. The standard InChI is InChI=1S/C21H21NO6/c1-3-4-7-28-16-9-13(8-15(11-16)27-2)22-12-18(21(25)26)20(24)17-6-5-14(23)10-19(17)22/h5-6,8-12,23H,3-4,7H2,1-2H3,(H,25,26). The number of carboxylic acid groups (broad SMARTS) is 1. The molecular formula is C21H21NO6. The molecule has 7 heteroatoms. The van der Waals surface area contributed by atoms with Gasteiger partial charge in [-0.25, -0.2) is 4.79 Å². The summed E-state index contributed by atoms with van der Waals surface area (Å²) in [5.74, 6) is -0.276. The quantitative estimate of drug-likeness (QED) is 0.605. The van der Waals surface area contributed by atoms with Crippen molar-refractivity contribution in [3.05, 3.63) is 58.4 Å². The van der Waals surface area contributed by atoms with Crippen LogP contribution >= 0.6 is 0 Å². The number of methoxy groups -OCH3 is 1. The van der Waals surface area contributed by atoms with E-state index in [4.69, 9.17) is 9.47 Å². The lowest BCUT2D eigenvalue weighted by Gasteiger charge is -2.16. The van der Waals surface area contributed by atoms with Crippen molar-refractivity contribution >= 4 is 16.9 Å². The molecule has 0 amide bonds. The highest BCUT2D eigenvalue weighted by molar-refractivity contribution is 5.93. The first-order valence-corrected chi connectivity index (χ1v) is 8.88. The van der Waals surface area contributed by atoms with Crippen LogP contribution < -0.4 is 14.9 Å². The first-order chi connectivity index (χ1) is 13.4. The Morgan fingerprint density at radius 1 is 1.14 bits per heavy atom. The highest BCUT2D eigenvalue weighted by Crippen LogP contribution is 2.28. The van der Waals surface area contributed by atoms with E-state index in [0.717, 1.165) is 12.8 Å². The third-order valence-electron chi connectivity index (χ3n) is 4.36. The minimum Gasteiger partial charge on any atom is -0.508 e. The van der Waals surface area contributed by atoms with Gasteiger partial charge in [-0.15, -0.1) is 0 Å². The number of hydrogen-bond acceptors (Lipinski definition) is 5. The van der Waals surface area contributed by atoms with E-state index in [-0.39, 0.29) is 16.7 Å². The molecule has 28 heavy (non-hydrogen) atoms. The van der Waals surface area contributed by atoms with E-state index >= 15 is 0 Å². The second kappa shape index (κ2) is 8.04. The highest BCUT2D eigenvalue weighted by atomic mass is 16.5. The Morgan fingerprint density at radius 2 is 1.89 bits per heavy atom. The van der Waals surface area contributed by atoms with E-state index in [1.807, 2.05) is 0 Å². The number of benzene rings is 2. The minimum atomic E-state index is -1.32. The molecule has 3 aromatic rings. The lowest BCUT2D eigenvalue weighted by atomic mass is 10.1. The van der Waals surface area contributed by atoms with Crippen LogP contribution in [0.5, 0.6) is 17.2 Å².